The van der Waals surface area contributed by atoms with Crippen molar-refractivity contribution in [3.63, 3.8) is 0 Å². The first-order valence-electron chi connectivity index (χ1n) is 12.0. The maximum atomic E-state index is 13.4. The van der Waals surface area contributed by atoms with Gasteiger partial charge in [0.15, 0.2) is 15.8 Å². The predicted molar refractivity (Wildman–Crippen MR) is 145 cm³/mol. The van der Waals surface area contributed by atoms with Crippen LogP contribution in [0.3, 0.4) is 0 Å². The smallest absolute Gasteiger partial charge is 0.301 e. The number of rotatable bonds is 6. The summed E-state index contributed by atoms with van der Waals surface area (Å²) in [6, 6.07) is 19.1. The van der Waals surface area contributed by atoms with Crippen LogP contribution in [0.15, 0.2) is 82.7 Å². The van der Waals surface area contributed by atoms with E-state index in [0.29, 0.717) is 45.9 Å². The van der Waals surface area contributed by atoms with Crippen molar-refractivity contribution in [3.8, 4) is 11.5 Å². The summed E-state index contributed by atoms with van der Waals surface area (Å²) in [5, 5.41) is 20.0. The summed E-state index contributed by atoms with van der Waals surface area (Å²) >= 11 is 2.55. The fraction of sp³-hybridized carbons (Fsp3) is 0.143. The van der Waals surface area contributed by atoms with Crippen molar-refractivity contribution >= 4 is 45.7 Å². The molecule has 11 heteroatoms. The zero-order valence-electron chi connectivity index (χ0n) is 20.2. The maximum absolute atomic E-state index is 13.4. The first-order valence-corrected chi connectivity index (χ1v) is 13.8. The molecule has 1 saturated heterocycles. The van der Waals surface area contributed by atoms with Gasteiger partial charge in [0.05, 0.1) is 11.6 Å². The molecule has 6 rings (SSSR count). The van der Waals surface area contributed by atoms with Gasteiger partial charge >= 0.3 is 5.91 Å². The van der Waals surface area contributed by atoms with E-state index in [4.69, 9.17) is 9.47 Å². The Morgan fingerprint density at radius 2 is 1.74 bits per heavy atom. The average Bonchev–Trinajstić information content (AvgIpc) is 3.54. The number of ether oxygens (including phenoxy) is 2. The van der Waals surface area contributed by atoms with Gasteiger partial charge in [0, 0.05) is 11.3 Å². The molecular weight excluding hydrogens is 541 g/mol. The number of thioether (sulfide) groups is 1. The third-order valence-corrected chi connectivity index (χ3v) is 8.38. The monoisotopic (exact) mass is 561 g/mol. The molecule has 8 nitrogen and oxygen atoms in total. The summed E-state index contributed by atoms with van der Waals surface area (Å²) < 4.78 is 25.0. The van der Waals surface area contributed by atoms with Gasteiger partial charge in [-0.25, -0.2) is 4.39 Å². The number of carbonyl (C=O) groups is 2. The molecule has 0 bridgehead atoms. The highest BCUT2D eigenvalue weighted by molar-refractivity contribution is 8.00. The first kappa shape index (κ1) is 25.1. The van der Waals surface area contributed by atoms with Gasteiger partial charge in [-0.3, -0.25) is 14.5 Å². The van der Waals surface area contributed by atoms with Crippen molar-refractivity contribution in [1.29, 1.82) is 0 Å². The van der Waals surface area contributed by atoms with Crippen molar-refractivity contribution in [3.05, 3.63) is 101 Å². The number of nitrogens with zero attached hydrogens (tertiary/aromatic N) is 3. The Balaban J connectivity index is 1.36. The van der Waals surface area contributed by atoms with E-state index in [1.54, 1.807) is 54.6 Å². The molecule has 0 radical (unpaired) electrons. The zero-order chi connectivity index (χ0) is 26.9. The number of aliphatic hydroxyl groups excluding tert-OH is 1. The number of Topliss-reactive ketones (excluding diaryl/α,β-unsaturated/α-hetero) is 1. The van der Waals surface area contributed by atoms with Crippen LogP contribution in [0.5, 0.6) is 11.5 Å². The number of fused-ring (bicyclic) bond motifs is 1. The van der Waals surface area contributed by atoms with Gasteiger partial charge in [0.1, 0.15) is 24.8 Å². The van der Waals surface area contributed by atoms with Crippen LogP contribution in [0.4, 0.5) is 9.52 Å². The fourth-order valence-electron chi connectivity index (χ4n) is 4.41. The number of halogens is 1. The van der Waals surface area contributed by atoms with Gasteiger partial charge in [-0.2, -0.15) is 0 Å². The van der Waals surface area contributed by atoms with Gasteiger partial charge in [-0.1, -0.05) is 65.6 Å². The Bertz CT molecular complexity index is 1590. The number of aromatic nitrogens is 2. The van der Waals surface area contributed by atoms with Crippen LogP contribution in [0, 0.1) is 5.82 Å². The summed E-state index contributed by atoms with van der Waals surface area (Å²) in [6.07, 6.45) is 0. The number of ketones is 1. The lowest BCUT2D eigenvalue weighted by Gasteiger charge is -2.23. The quantitative estimate of drug-likeness (QED) is 0.110. The zero-order valence-corrected chi connectivity index (χ0v) is 21.9. The van der Waals surface area contributed by atoms with E-state index in [1.165, 1.54) is 28.8 Å². The standard InChI is InChI=1S/C28H20FN3O5S2/c29-19-9-6-16(7-10-19)15-38-28-31-30-27(39-28)32-23(17-4-2-1-3-5-17)22(25(34)26(32)35)24(33)18-8-11-20-21(14-18)37-13-12-36-20/h1-11,14,23,33H,12-13,15H2/b24-22+. The van der Waals surface area contributed by atoms with Crippen LogP contribution in [0.25, 0.3) is 5.76 Å². The lowest BCUT2D eigenvalue weighted by atomic mass is 9.95. The topological polar surface area (TPSA) is 102 Å². The second kappa shape index (κ2) is 10.5. The van der Waals surface area contributed by atoms with E-state index in [-0.39, 0.29) is 22.3 Å². The third kappa shape index (κ3) is 4.86. The highest BCUT2D eigenvalue weighted by Gasteiger charge is 2.48. The highest BCUT2D eigenvalue weighted by Crippen LogP contribution is 2.44. The molecule has 3 heterocycles. The Morgan fingerprint density at radius 1 is 1.00 bits per heavy atom. The number of hydrogen-bond donors (Lipinski definition) is 1. The summed E-state index contributed by atoms with van der Waals surface area (Å²) in [5.74, 6) is -0.757. The van der Waals surface area contributed by atoms with Crippen LogP contribution in [-0.2, 0) is 15.3 Å². The first-order chi connectivity index (χ1) is 19.0. The Hall–Kier alpha value is -4.22. The van der Waals surface area contributed by atoms with Crippen molar-refractivity contribution in [1.82, 2.24) is 10.2 Å². The Kier molecular flexibility index (Phi) is 6.76. The summed E-state index contributed by atoms with van der Waals surface area (Å²) in [5.41, 5.74) is 1.80. The van der Waals surface area contributed by atoms with E-state index in [9.17, 15) is 19.1 Å². The average molecular weight is 562 g/mol. The van der Waals surface area contributed by atoms with Crippen LogP contribution in [-0.4, -0.2) is 40.2 Å². The molecule has 1 N–H and O–H groups in total. The van der Waals surface area contributed by atoms with Crippen LogP contribution in [0.2, 0.25) is 0 Å². The normalized spacial score (nSPS) is 18.0. The molecular formula is C28H20FN3O5S2. The second-order valence-electron chi connectivity index (χ2n) is 8.70. The van der Waals surface area contributed by atoms with Gasteiger partial charge in [0.25, 0.3) is 5.78 Å². The number of hydrogen-bond acceptors (Lipinski definition) is 9. The molecule has 4 aromatic rings. The molecule has 0 spiro atoms. The number of amides is 1. The lowest BCUT2D eigenvalue weighted by Crippen LogP contribution is -2.29. The third-order valence-electron chi connectivity index (χ3n) is 6.25. The molecule has 1 atom stereocenters. The molecule has 1 unspecified atom stereocenters. The SMILES string of the molecule is O=C1C(=O)N(c2nnc(SCc3ccc(F)cc3)s2)C(c2ccccc2)/C1=C(\O)c1ccc2c(c1)OCCO2. The molecule has 39 heavy (non-hydrogen) atoms. The molecule has 2 aliphatic rings. The van der Waals surface area contributed by atoms with Crippen molar-refractivity contribution in [2.75, 3.05) is 18.1 Å². The predicted octanol–water partition coefficient (Wildman–Crippen LogP) is 5.37. The van der Waals surface area contributed by atoms with E-state index >= 15 is 0 Å². The van der Waals surface area contributed by atoms with Crippen molar-refractivity contribution in [2.45, 2.75) is 16.1 Å². The van der Waals surface area contributed by atoms with Gasteiger partial charge < -0.3 is 14.6 Å². The number of benzene rings is 3. The summed E-state index contributed by atoms with van der Waals surface area (Å²) in [7, 11) is 0. The largest absolute Gasteiger partial charge is 0.507 e. The molecule has 1 amide bonds. The van der Waals surface area contributed by atoms with Crippen molar-refractivity contribution in [2.24, 2.45) is 0 Å². The van der Waals surface area contributed by atoms with E-state index < -0.39 is 17.7 Å². The Labute approximate surface area is 230 Å². The minimum Gasteiger partial charge on any atom is -0.507 e. The van der Waals surface area contributed by atoms with Gasteiger partial charge in [-0.15, -0.1) is 10.2 Å². The van der Waals surface area contributed by atoms with Crippen LogP contribution >= 0.6 is 23.1 Å². The fourth-order valence-corrected chi connectivity index (χ4v) is 6.23. The molecule has 1 aromatic heterocycles. The van der Waals surface area contributed by atoms with E-state index in [0.717, 1.165) is 16.9 Å². The van der Waals surface area contributed by atoms with E-state index in [2.05, 4.69) is 10.2 Å². The van der Waals surface area contributed by atoms with Gasteiger partial charge in [0.2, 0.25) is 5.13 Å². The number of anilines is 1. The van der Waals surface area contributed by atoms with Crippen LogP contribution < -0.4 is 14.4 Å². The highest BCUT2D eigenvalue weighted by atomic mass is 32.2. The second-order valence-corrected chi connectivity index (χ2v) is 10.9. The molecule has 196 valence electrons. The lowest BCUT2D eigenvalue weighted by molar-refractivity contribution is -0.132. The molecule has 1 fully saturated rings. The molecule has 0 aliphatic carbocycles. The van der Waals surface area contributed by atoms with Gasteiger partial charge in [-0.05, 0) is 41.5 Å². The molecule has 3 aromatic carbocycles. The summed E-state index contributed by atoms with van der Waals surface area (Å²) in [4.78, 5) is 28.0. The number of carbonyl (C=O) groups excluding carboxylic acids is 2. The minimum absolute atomic E-state index is 0.0569. The molecule has 0 saturated carbocycles. The Morgan fingerprint density at radius 3 is 2.51 bits per heavy atom. The summed E-state index contributed by atoms with van der Waals surface area (Å²) in [6.45, 7) is 0.785. The number of aliphatic hydroxyl groups is 1. The minimum atomic E-state index is -0.915. The maximum Gasteiger partial charge on any atom is 0.301 e. The molecule has 2 aliphatic heterocycles. The van der Waals surface area contributed by atoms with E-state index in [1.807, 2.05) is 6.07 Å². The van der Waals surface area contributed by atoms with Crippen LogP contribution in [0.1, 0.15) is 22.7 Å². The van der Waals surface area contributed by atoms with Crippen molar-refractivity contribution < 1.29 is 28.6 Å².